The van der Waals surface area contributed by atoms with Crippen molar-refractivity contribution in [1.82, 2.24) is 20.1 Å². The summed E-state index contributed by atoms with van der Waals surface area (Å²) in [6.07, 6.45) is 6.58. The molecule has 0 spiro atoms. The molecule has 0 aromatic carbocycles. The van der Waals surface area contributed by atoms with Gasteiger partial charge >= 0.3 is 6.03 Å². The Morgan fingerprint density at radius 1 is 1.50 bits per heavy atom. The number of aryl methyl sites for hydroxylation is 2. The van der Waals surface area contributed by atoms with Crippen molar-refractivity contribution in [3.05, 3.63) is 24.0 Å². The van der Waals surface area contributed by atoms with Crippen molar-refractivity contribution in [2.45, 2.75) is 50.8 Å². The minimum atomic E-state index is -0.0958. The second-order valence-corrected chi connectivity index (χ2v) is 7.15. The zero-order valence-electron chi connectivity index (χ0n) is 14.8. The molecule has 2 aliphatic rings. The molecule has 0 bridgehead atoms. The molecule has 134 valence electrons. The van der Waals surface area contributed by atoms with Crippen LogP contribution in [0.5, 0.6) is 0 Å². The van der Waals surface area contributed by atoms with Gasteiger partial charge in [-0.05, 0) is 51.3 Å². The number of fused-ring (bicyclic) bond motifs is 1. The van der Waals surface area contributed by atoms with Gasteiger partial charge in [0.05, 0.1) is 12.7 Å². The summed E-state index contributed by atoms with van der Waals surface area (Å²) in [6.45, 7) is 5.55. The van der Waals surface area contributed by atoms with Gasteiger partial charge in [0.15, 0.2) is 0 Å². The van der Waals surface area contributed by atoms with E-state index in [2.05, 4.69) is 52.4 Å². The van der Waals surface area contributed by atoms with E-state index in [4.69, 9.17) is 4.74 Å². The third kappa shape index (κ3) is 4.51. The van der Waals surface area contributed by atoms with Crippen molar-refractivity contribution in [3.63, 3.8) is 0 Å². The van der Waals surface area contributed by atoms with Crippen molar-refractivity contribution in [2.24, 2.45) is 7.05 Å². The zero-order valence-corrected chi connectivity index (χ0v) is 14.8. The SMILES string of the molecule is C[C@H](CCc1cccn1C)NC(=O)NC[C@H]1CN2CCC[C@H]2CO1. The quantitative estimate of drug-likeness (QED) is 0.829. The van der Waals surface area contributed by atoms with Crippen LogP contribution in [-0.4, -0.2) is 59.9 Å². The topological polar surface area (TPSA) is 58.5 Å². The predicted octanol–water partition coefficient (Wildman–Crippen LogP) is 1.51. The average Bonchev–Trinajstić information content (AvgIpc) is 3.19. The number of amides is 2. The molecule has 6 heteroatoms. The Labute approximate surface area is 144 Å². The molecule has 1 aromatic rings. The van der Waals surface area contributed by atoms with Gasteiger partial charge in [0.2, 0.25) is 0 Å². The highest BCUT2D eigenvalue weighted by Crippen LogP contribution is 2.22. The van der Waals surface area contributed by atoms with Gasteiger partial charge in [-0.1, -0.05) is 0 Å². The van der Waals surface area contributed by atoms with Crippen LogP contribution in [0.15, 0.2) is 18.3 Å². The van der Waals surface area contributed by atoms with Crippen molar-refractivity contribution >= 4 is 6.03 Å². The Hall–Kier alpha value is -1.53. The number of urea groups is 1. The van der Waals surface area contributed by atoms with Crippen LogP contribution in [0, 0.1) is 0 Å². The van der Waals surface area contributed by atoms with Gasteiger partial charge in [-0.2, -0.15) is 0 Å². The Bertz CT molecular complexity index is 545. The number of carbonyl (C=O) groups excluding carboxylic acids is 1. The summed E-state index contributed by atoms with van der Waals surface area (Å²) in [5.41, 5.74) is 1.29. The maximum atomic E-state index is 12.1. The van der Waals surface area contributed by atoms with Crippen molar-refractivity contribution in [3.8, 4) is 0 Å². The van der Waals surface area contributed by atoms with Crippen LogP contribution < -0.4 is 10.6 Å². The third-order valence-corrected chi connectivity index (χ3v) is 5.21. The lowest BCUT2D eigenvalue weighted by Crippen LogP contribution is -2.51. The van der Waals surface area contributed by atoms with Gasteiger partial charge in [0.1, 0.15) is 0 Å². The van der Waals surface area contributed by atoms with E-state index in [-0.39, 0.29) is 18.2 Å². The third-order valence-electron chi connectivity index (χ3n) is 5.21. The second kappa shape index (κ2) is 8.03. The first-order valence-corrected chi connectivity index (χ1v) is 9.12. The summed E-state index contributed by atoms with van der Waals surface area (Å²) < 4.78 is 7.99. The molecule has 2 aliphatic heterocycles. The van der Waals surface area contributed by atoms with E-state index >= 15 is 0 Å². The summed E-state index contributed by atoms with van der Waals surface area (Å²) in [5.74, 6) is 0. The average molecular weight is 334 g/mol. The van der Waals surface area contributed by atoms with Crippen LogP contribution in [0.3, 0.4) is 0 Å². The van der Waals surface area contributed by atoms with E-state index in [1.54, 1.807) is 0 Å². The highest BCUT2D eigenvalue weighted by molar-refractivity contribution is 5.74. The molecule has 3 atom stereocenters. The van der Waals surface area contributed by atoms with Gasteiger partial charge in [0.25, 0.3) is 0 Å². The van der Waals surface area contributed by atoms with E-state index in [0.717, 1.165) is 26.0 Å². The summed E-state index contributed by atoms with van der Waals surface area (Å²) in [7, 11) is 2.05. The Balaban J connectivity index is 1.32. The van der Waals surface area contributed by atoms with Crippen LogP contribution in [0.1, 0.15) is 31.9 Å². The van der Waals surface area contributed by atoms with E-state index in [0.29, 0.717) is 12.6 Å². The molecule has 3 rings (SSSR count). The van der Waals surface area contributed by atoms with Gasteiger partial charge in [0, 0.05) is 44.1 Å². The molecule has 24 heavy (non-hydrogen) atoms. The molecule has 3 heterocycles. The number of carbonyl (C=O) groups is 1. The molecule has 2 saturated heterocycles. The molecule has 0 radical (unpaired) electrons. The molecule has 2 amide bonds. The maximum absolute atomic E-state index is 12.1. The minimum absolute atomic E-state index is 0.0958. The molecule has 2 N–H and O–H groups in total. The molecule has 2 fully saturated rings. The smallest absolute Gasteiger partial charge is 0.315 e. The molecule has 6 nitrogen and oxygen atoms in total. The highest BCUT2D eigenvalue weighted by Gasteiger charge is 2.32. The fraction of sp³-hybridized carbons (Fsp3) is 0.722. The summed E-state index contributed by atoms with van der Waals surface area (Å²) in [5, 5.41) is 5.98. The normalized spacial score (nSPS) is 25.2. The Morgan fingerprint density at radius 3 is 3.17 bits per heavy atom. The number of nitrogens with zero attached hydrogens (tertiary/aromatic N) is 2. The number of ether oxygens (including phenoxy) is 1. The van der Waals surface area contributed by atoms with Crippen LogP contribution in [0.2, 0.25) is 0 Å². The number of nitrogens with one attached hydrogen (secondary N) is 2. The molecular formula is C18H30N4O2. The standard InChI is InChI=1S/C18H30N4O2/c1-14(7-8-15-5-3-9-21(15)2)20-18(23)19-11-17-12-22-10-4-6-16(22)13-24-17/h3,5,9,14,16-17H,4,6-8,10-13H2,1-2H3,(H2,19,20,23)/t14-,16+,17+/m1/s1. The van der Waals surface area contributed by atoms with E-state index in [9.17, 15) is 4.79 Å². The Kier molecular flexibility index (Phi) is 5.79. The Morgan fingerprint density at radius 2 is 2.38 bits per heavy atom. The van der Waals surface area contributed by atoms with Gasteiger partial charge in [-0.3, -0.25) is 4.90 Å². The summed E-state index contributed by atoms with van der Waals surface area (Å²) >= 11 is 0. The lowest BCUT2D eigenvalue weighted by molar-refractivity contribution is -0.0458. The number of morpholine rings is 1. The van der Waals surface area contributed by atoms with Gasteiger partial charge < -0.3 is 19.9 Å². The van der Waals surface area contributed by atoms with E-state index in [1.165, 1.54) is 25.1 Å². The van der Waals surface area contributed by atoms with Gasteiger partial charge in [-0.25, -0.2) is 4.79 Å². The zero-order chi connectivity index (χ0) is 16.9. The predicted molar refractivity (Wildman–Crippen MR) is 94.1 cm³/mol. The summed E-state index contributed by atoms with van der Waals surface area (Å²) in [4.78, 5) is 14.6. The minimum Gasteiger partial charge on any atom is -0.373 e. The van der Waals surface area contributed by atoms with Crippen LogP contribution >= 0.6 is 0 Å². The number of rotatable bonds is 6. The monoisotopic (exact) mass is 334 g/mol. The van der Waals surface area contributed by atoms with E-state index < -0.39 is 0 Å². The van der Waals surface area contributed by atoms with Crippen molar-refractivity contribution < 1.29 is 9.53 Å². The number of hydrogen-bond acceptors (Lipinski definition) is 3. The van der Waals surface area contributed by atoms with Crippen molar-refractivity contribution in [1.29, 1.82) is 0 Å². The highest BCUT2D eigenvalue weighted by atomic mass is 16.5. The molecule has 0 aliphatic carbocycles. The lowest BCUT2D eigenvalue weighted by Gasteiger charge is -2.35. The fourth-order valence-electron chi connectivity index (χ4n) is 3.68. The van der Waals surface area contributed by atoms with Gasteiger partial charge in [-0.15, -0.1) is 0 Å². The van der Waals surface area contributed by atoms with E-state index in [1.807, 2.05) is 0 Å². The number of aromatic nitrogens is 1. The maximum Gasteiger partial charge on any atom is 0.315 e. The second-order valence-electron chi connectivity index (χ2n) is 7.15. The first-order chi connectivity index (χ1) is 11.6. The first-order valence-electron chi connectivity index (χ1n) is 9.12. The van der Waals surface area contributed by atoms with Crippen LogP contribution in [0.25, 0.3) is 0 Å². The first kappa shape index (κ1) is 17.3. The largest absolute Gasteiger partial charge is 0.373 e. The van der Waals surface area contributed by atoms with Crippen LogP contribution in [-0.2, 0) is 18.2 Å². The summed E-state index contributed by atoms with van der Waals surface area (Å²) in [6, 6.07) is 4.83. The molecular weight excluding hydrogens is 304 g/mol. The van der Waals surface area contributed by atoms with Crippen LogP contribution in [0.4, 0.5) is 4.79 Å². The fourth-order valence-corrected chi connectivity index (χ4v) is 3.68. The number of hydrogen-bond donors (Lipinski definition) is 2. The molecule has 1 aromatic heterocycles. The lowest BCUT2D eigenvalue weighted by atomic mass is 10.1. The molecule has 0 unspecified atom stereocenters. The molecule has 0 saturated carbocycles. The van der Waals surface area contributed by atoms with Crippen molar-refractivity contribution in [2.75, 3.05) is 26.2 Å².